The third-order valence-electron chi connectivity index (χ3n) is 1.70. The number of nitrogens with two attached hydrogens (primary N) is 1. The highest BCUT2D eigenvalue weighted by molar-refractivity contribution is 9.11. The Bertz CT molecular complexity index is 257. The van der Waals surface area contributed by atoms with Crippen LogP contribution in [0, 0.1) is 0 Å². The average Bonchev–Trinajstić information content (AvgIpc) is 2.47. The summed E-state index contributed by atoms with van der Waals surface area (Å²) in [5.41, 5.74) is 7.15. The molecule has 1 atom stereocenters. The van der Waals surface area contributed by atoms with Crippen LogP contribution in [0.3, 0.4) is 0 Å². The molecular formula is C9H12BrNS. The summed E-state index contributed by atoms with van der Waals surface area (Å²) in [6.07, 6.45) is 3.86. The van der Waals surface area contributed by atoms with Gasteiger partial charge in [-0.25, -0.2) is 0 Å². The lowest BCUT2D eigenvalue weighted by Gasteiger charge is -2.06. The third-order valence-corrected chi connectivity index (χ3v) is 3.22. The average molecular weight is 246 g/mol. The van der Waals surface area contributed by atoms with Gasteiger partial charge in [0.1, 0.15) is 0 Å². The van der Waals surface area contributed by atoms with Crippen molar-refractivity contribution in [1.29, 1.82) is 0 Å². The Morgan fingerprint density at radius 1 is 1.75 bits per heavy atom. The van der Waals surface area contributed by atoms with E-state index >= 15 is 0 Å². The van der Waals surface area contributed by atoms with Crippen LogP contribution in [0.4, 0.5) is 0 Å². The van der Waals surface area contributed by atoms with Gasteiger partial charge in [-0.05, 0) is 45.8 Å². The molecule has 0 radical (unpaired) electrons. The zero-order valence-corrected chi connectivity index (χ0v) is 9.20. The maximum absolute atomic E-state index is 5.93. The summed E-state index contributed by atoms with van der Waals surface area (Å²) >= 11 is 5.09. The van der Waals surface area contributed by atoms with Crippen molar-refractivity contribution in [3.8, 4) is 0 Å². The van der Waals surface area contributed by atoms with Crippen LogP contribution < -0.4 is 5.73 Å². The summed E-state index contributed by atoms with van der Waals surface area (Å²) in [5.74, 6) is 0. The Hall–Kier alpha value is -0.120. The fraction of sp³-hybridized carbons (Fsp3) is 0.333. The first kappa shape index (κ1) is 9.96. The molecule has 0 saturated carbocycles. The van der Waals surface area contributed by atoms with Crippen molar-refractivity contribution < 1.29 is 0 Å². The van der Waals surface area contributed by atoms with Gasteiger partial charge < -0.3 is 5.73 Å². The highest BCUT2D eigenvalue weighted by atomic mass is 79.9. The first-order valence-corrected chi connectivity index (χ1v) is 5.51. The SMILES string of the molecule is C=CCCC(N)c1csc(Br)c1. The van der Waals surface area contributed by atoms with Gasteiger partial charge in [0.05, 0.1) is 3.79 Å². The summed E-state index contributed by atoms with van der Waals surface area (Å²) in [7, 11) is 0. The fourth-order valence-electron chi connectivity index (χ4n) is 0.982. The van der Waals surface area contributed by atoms with Crippen LogP contribution in [0.25, 0.3) is 0 Å². The molecule has 0 bridgehead atoms. The van der Waals surface area contributed by atoms with Gasteiger partial charge >= 0.3 is 0 Å². The van der Waals surface area contributed by atoms with E-state index in [1.807, 2.05) is 6.08 Å². The molecule has 12 heavy (non-hydrogen) atoms. The van der Waals surface area contributed by atoms with Crippen LogP contribution in [-0.2, 0) is 0 Å². The Morgan fingerprint density at radius 3 is 3.00 bits per heavy atom. The summed E-state index contributed by atoms with van der Waals surface area (Å²) < 4.78 is 1.14. The van der Waals surface area contributed by atoms with Crippen molar-refractivity contribution in [3.05, 3.63) is 33.5 Å². The monoisotopic (exact) mass is 245 g/mol. The largest absolute Gasteiger partial charge is 0.324 e. The minimum absolute atomic E-state index is 0.158. The second-order valence-corrected chi connectivity index (χ2v) is 4.95. The predicted octanol–water partition coefficient (Wildman–Crippen LogP) is 3.48. The van der Waals surface area contributed by atoms with Gasteiger partial charge in [-0.15, -0.1) is 17.9 Å². The topological polar surface area (TPSA) is 26.0 Å². The molecule has 1 aromatic rings. The van der Waals surface area contributed by atoms with Crippen molar-refractivity contribution in [2.24, 2.45) is 5.73 Å². The molecule has 0 amide bonds. The van der Waals surface area contributed by atoms with Crippen LogP contribution in [0.5, 0.6) is 0 Å². The normalized spacial score (nSPS) is 12.8. The van der Waals surface area contributed by atoms with Crippen LogP contribution in [-0.4, -0.2) is 0 Å². The molecule has 1 unspecified atom stereocenters. The van der Waals surface area contributed by atoms with E-state index in [9.17, 15) is 0 Å². The van der Waals surface area contributed by atoms with E-state index in [-0.39, 0.29) is 6.04 Å². The molecule has 1 heterocycles. The molecule has 0 aliphatic carbocycles. The quantitative estimate of drug-likeness (QED) is 0.809. The van der Waals surface area contributed by atoms with E-state index in [4.69, 9.17) is 5.73 Å². The van der Waals surface area contributed by atoms with E-state index in [0.717, 1.165) is 16.6 Å². The van der Waals surface area contributed by atoms with E-state index < -0.39 is 0 Å². The number of rotatable bonds is 4. The molecule has 0 fully saturated rings. The zero-order chi connectivity index (χ0) is 8.97. The number of hydrogen-bond acceptors (Lipinski definition) is 2. The summed E-state index contributed by atoms with van der Waals surface area (Å²) in [6.45, 7) is 3.67. The Morgan fingerprint density at radius 2 is 2.50 bits per heavy atom. The smallest absolute Gasteiger partial charge is 0.0701 e. The highest BCUT2D eigenvalue weighted by Gasteiger charge is 2.06. The first-order valence-electron chi connectivity index (χ1n) is 3.84. The van der Waals surface area contributed by atoms with Crippen LogP contribution in [0.2, 0.25) is 0 Å². The Labute approximate surface area is 85.4 Å². The number of hydrogen-bond donors (Lipinski definition) is 1. The second kappa shape index (κ2) is 4.80. The number of allylic oxidation sites excluding steroid dienone is 1. The lowest BCUT2D eigenvalue weighted by molar-refractivity contribution is 0.663. The molecule has 1 aromatic heterocycles. The van der Waals surface area contributed by atoms with E-state index in [1.165, 1.54) is 5.56 Å². The molecule has 1 rings (SSSR count). The maximum atomic E-state index is 5.93. The molecule has 0 spiro atoms. The van der Waals surface area contributed by atoms with Gasteiger partial charge in [0.2, 0.25) is 0 Å². The van der Waals surface area contributed by atoms with Gasteiger partial charge in [0.25, 0.3) is 0 Å². The van der Waals surface area contributed by atoms with E-state index in [0.29, 0.717) is 0 Å². The van der Waals surface area contributed by atoms with Gasteiger partial charge in [0, 0.05) is 6.04 Å². The molecule has 2 N–H and O–H groups in total. The minimum Gasteiger partial charge on any atom is -0.324 e. The standard InChI is InChI=1S/C9H12BrNS/c1-2-3-4-8(11)7-5-9(10)12-6-7/h2,5-6,8H,1,3-4,11H2. The third kappa shape index (κ3) is 2.73. The fourth-order valence-corrected chi connectivity index (χ4v) is 2.22. The van der Waals surface area contributed by atoms with Gasteiger partial charge in [-0.3, -0.25) is 0 Å². The molecule has 1 nitrogen and oxygen atoms in total. The highest BCUT2D eigenvalue weighted by Crippen LogP contribution is 2.26. The molecule has 0 aliphatic rings. The molecular weight excluding hydrogens is 234 g/mol. The van der Waals surface area contributed by atoms with E-state index in [1.54, 1.807) is 11.3 Å². The lowest BCUT2D eigenvalue weighted by Crippen LogP contribution is -2.08. The summed E-state index contributed by atoms with van der Waals surface area (Å²) in [4.78, 5) is 0. The summed E-state index contributed by atoms with van der Waals surface area (Å²) in [6, 6.07) is 2.24. The Balaban J connectivity index is 2.52. The maximum Gasteiger partial charge on any atom is 0.0701 e. The van der Waals surface area contributed by atoms with Crippen molar-refractivity contribution >= 4 is 27.3 Å². The predicted molar refractivity (Wildman–Crippen MR) is 58.4 cm³/mol. The Kier molecular flexibility index (Phi) is 3.98. The molecule has 0 aliphatic heterocycles. The minimum atomic E-state index is 0.158. The molecule has 3 heteroatoms. The summed E-state index contributed by atoms with van der Waals surface area (Å²) in [5, 5.41) is 2.10. The molecule has 0 saturated heterocycles. The molecule has 0 aromatic carbocycles. The van der Waals surface area contributed by atoms with Crippen LogP contribution in [0.1, 0.15) is 24.4 Å². The van der Waals surface area contributed by atoms with Crippen LogP contribution >= 0.6 is 27.3 Å². The molecule has 66 valence electrons. The van der Waals surface area contributed by atoms with Gasteiger partial charge in [-0.2, -0.15) is 0 Å². The second-order valence-electron chi connectivity index (χ2n) is 2.66. The van der Waals surface area contributed by atoms with Crippen molar-refractivity contribution in [2.75, 3.05) is 0 Å². The number of halogens is 1. The van der Waals surface area contributed by atoms with E-state index in [2.05, 4.69) is 34.0 Å². The van der Waals surface area contributed by atoms with Crippen LogP contribution in [0.15, 0.2) is 27.9 Å². The van der Waals surface area contributed by atoms with Gasteiger partial charge in [0.15, 0.2) is 0 Å². The van der Waals surface area contributed by atoms with Crippen molar-refractivity contribution in [3.63, 3.8) is 0 Å². The van der Waals surface area contributed by atoms with Crippen molar-refractivity contribution in [2.45, 2.75) is 18.9 Å². The van der Waals surface area contributed by atoms with Crippen molar-refractivity contribution in [1.82, 2.24) is 0 Å². The van der Waals surface area contributed by atoms with Gasteiger partial charge in [-0.1, -0.05) is 6.08 Å². The first-order chi connectivity index (χ1) is 5.74. The number of thiophene rings is 1. The zero-order valence-electron chi connectivity index (χ0n) is 6.79. The lowest BCUT2D eigenvalue weighted by atomic mass is 10.1.